The van der Waals surface area contributed by atoms with E-state index in [0.29, 0.717) is 5.92 Å². The number of nitrogens with zero attached hydrogens (tertiary/aromatic N) is 4. The van der Waals surface area contributed by atoms with Crippen molar-refractivity contribution in [3.8, 4) is 0 Å². The molecule has 1 N–H and O–H groups in total. The molecule has 6 heteroatoms. The largest absolute Gasteiger partial charge is 0.368 e. The Hall–Kier alpha value is -2.60. The molecule has 2 aromatic rings. The van der Waals surface area contributed by atoms with Gasteiger partial charge in [0.2, 0.25) is 0 Å². The van der Waals surface area contributed by atoms with E-state index in [0.717, 1.165) is 52.4 Å². The fourth-order valence-corrected chi connectivity index (χ4v) is 4.37. The minimum Gasteiger partial charge on any atom is -0.368 e. The van der Waals surface area contributed by atoms with E-state index in [4.69, 9.17) is 0 Å². The highest BCUT2D eigenvalue weighted by Crippen LogP contribution is 2.19. The summed E-state index contributed by atoms with van der Waals surface area (Å²) in [5, 5.41) is 3.19. The molecule has 1 atom stereocenters. The molecule has 1 aromatic heterocycles. The number of benzene rings is 1. The van der Waals surface area contributed by atoms with E-state index in [9.17, 15) is 4.79 Å². The number of piperazine rings is 1. The van der Waals surface area contributed by atoms with Crippen LogP contribution in [0, 0.1) is 5.92 Å². The zero-order valence-corrected chi connectivity index (χ0v) is 17.0. The monoisotopic (exact) mass is 393 g/mol. The molecule has 2 amide bonds. The Morgan fingerprint density at radius 1 is 1.00 bits per heavy atom. The van der Waals surface area contributed by atoms with Crippen molar-refractivity contribution in [3.63, 3.8) is 0 Å². The van der Waals surface area contributed by atoms with Gasteiger partial charge in [-0.15, -0.1) is 0 Å². The van der Waals surface area contributed by atoms with Crippen molar-refractivity contribution in [3.05, 3.63) is 60.4 Å². The lowest BCUT2D eigenvalue weighted by Crippen LogP contribution is -2.53. The van der Waals surface area contributed by atoms with Gasteiger partial charge in [0.05, 0.1) is 0 Å². The van der Waals surface area contributed by atoms with Crippen LogP contribution in [0.4, 0.5) is 10.5 Å². The Labute approximate surface area is 173 Å². The van der Waals surface area contributed by atoms with Gasteiger partial charge in [-0.25, -0.2) is 4.79 Å². The lowest BCUT2D eigenvalue weighted by atomic mass is 9.97. The quantitative estimate of drug-likeness (QED) is 0.849. The maximum Gasteiger partial charge on any atom is 0.317 e. The molecule has 0 radical (unpaired) electrons. The molecular weight excluding hydrogens is 362 g/mol. The van der Waals surface area contributed by atoms with Gasteiger partial charge >= 0.3 is 6.03 Å². The molecule has 0 spiro atoms. The number of nitrogens with one attached hydrogen (secondary N) is 1. The van der Waals surface area contributed by atoms with E-state index in [-0.39, 0.29) is 6.03 Å². The number of likely N-dealkylation sites (tertiary alicyclic amines) is 1. The van der Waals surface area contributed by atoms with Gasteiger partial charge in [0, 0.05) is 63.9 Å². The van der Waals surface area contributed by atoms with Crippen LogP contribution in [0.1, 0.15) is 18.4 Å². The normalized spacial score (nSPS) is 20.5. The van der Waals surface area contributed by atoms with Crippen LogP contribution in [0.2, 0.25) is 0 Å². The number of anilines is 1. The first-order valence-electron chi connectivity index (χ1n) is 10.7. The second-order valence-corrected chi connectivity index (χ2v) is 8.09. The van der Waals surface area contributed by atoms with Crippen LogP contribution in [0.5, 0.6) is 0 Å². The predicted molar refractivity (Wildman–Crippen MR) is 116 cm³/mol. The molecule has 154 valence electrons. The van der Waals surface area contributed by atoms with Crippen LogP contribution in [0.25, 0.3) is 0 Å². The maximum atomic E-state index is 12.6. The molecule has 2 aliphatic heterocycles. The van der Waals surface area contributed by atoms with Gasteiger partial charge in [-0.05, 0) is 43.0 Å². The number of carbonyl (C=O) groups is 1. The van der Waals surface area contributed by atoms with Crippen molar-refractivity contribution in [1.82, 2.24) is 20.1 Å². The molecular formula is C23H31N5O. The average molecular weight is 394 g/mol. The SMILES string of the molecule is O=C(NCC1CCCN(Cc2ccccc2)C1)N1CCN(c2ccncc2)CC1. The fraction of sp³-hybridized carbons (Fsp3) is 0.478. The van der Waals surface area contributed by atoms with Gasteiger partial charge in [-0.3, -0.25) is 9.88 Å². The summed E-state index contributed by atoms with van der Waals surface area (Å²) in [4.78, 5) is 23.5. The lowest BCUT2D eigenvalue weighted by Gasteiger charge is -2.37. The van der Waals surface area contributed by atoms with Crippen LogP contribution >= 0.6 is 0 Å². The molecule has 2 saturated heterocycles. The second kappa shape index (κ2) is 9.74. The van der Waals surface area contributed by atoms with Gasteiger partial charge in [-0.2, -0.15) is 0 Å². The Morgan fingerprint density at radius 2 is 1.76 bits per heavy atom. The van der Waals surface area contributed by atoms with E-state index in [1.165, 1.54) is 24.1 Å². The Kier molecular flexibility index (Phi) is 6.62. The minimum atomic E-state index is 0.0829. The highest BCUT2D eigenvalue weighted by Gasteiger charge is 2.24. The highest BCUT2D eigenvalue weighted by atomic mass is 16.2. The molecule has 3 heterocycles. The molecule has 29 heavy (non-hydrogen) atoms. The van der Waals surface area contributed by atoms with Crippen molar-refractivity contribution >= 4 is 11.7 Å². The van der Waals surface area contributed by atoms with Crippen LogP contribution in [0.3, 0.4) is 0 Å². The van der Waals surface area contributed by atoms with Crippen LogP contribution in [-0.4, -0.2) is 66.6 Å². The summed E-state index contributed by atoms with van der Waals surface area (Å²) < 4.78 is 0. The number of piperidine rings is 1. The third-order valence-corrected chi connectivity index (χ3v) is 5.99. The lowest BCUT2D eigenvalue weighted by molar-refractivity contribution is 0.159. The second-order valence-electron chi connectivity index (χ2n) is 8.09. The smallest absolute Gasteiger partial charge is 0.317 e. The summed E-state index contributed by atoms with van der Waals surface area (Å²) in [6.07, 6.45) is 6.04. The molecule has 4 rings (SSSR count). The van der Waals surface area contributed by atoms with Gasteiger partial charge < -0.3 is 15.1 Å². The minimum absolute atomic E-state index is 0.0829. The zero-order valence-electron chi connectivity index (χ0n) is 17.0. The van der Waals surface area contributed by atoms with Crippen LogP contribution in [-0.2, 0) is 6.54 Å². The summed E-state index contributed by atoms with van der Waals surface area (Å²) in [6.45, 7) is 7.24. The summed E-state index contributed by atoms with van der Waals surface area (Å²) >= 11 is 0. The molecule has 2 fully saturated rings. The maximum absolute atomic E-state index is 12.6. The summed E-state index contributed by atoms with van der Waals surface area (Å²) in [6, 6.07) is 14.8. The first kappa shape index (κ1) is 19.7. The van der Waals surface area contributed by atoms with Crippen molar-refractivity contribution in [2.24, 2.45) is 5.92 Å². The number of aromatic nitrogens is 1. The Bertz CT molecular complexity index is 761. The number of amides is 2. The van der Waals surface area contributed by atoms with Gasteiger partial charge in [-0.1, -0.05) is 30.3 Å². The molecule has 0 saturated carbocycles. The van der Waals surface area contributed by atoms with E-state index in [1.807, 2.05) is 29.4 Å². The van der Waals surface area contributed by atoms with Crippen molar-refractivity contribution in [1.29, 1.82) is 0 Å². The summed E-state index contributed by atoms with van der Waals surface area (Å²) in [7, 11) is 0. The van der Waals surface area contributed by atoms with Gasteiger partial charge in [0.15, 0.2) is 0 Å². The van der Waals surface area contributed by atoms with Crippen molar-refractivity contribution in [2.45, 2.75) is 19.4 Å². The third-order valence-electron chi connectivity index (χ3n) is 5.99. The van der Waals surface area contributed by atoms with E-state index >= 15 is 0 Å². The number of pyridine rings is 1. The van der Waals surface area contributed by atoms with Crippen molar-refractivity contribution < 1.29 is 4.79 Å². The predicted octanol–water partition coefficient (Wildman–Crippen LogP) is 2.83. The molecule has 2 aliphatic rings. The van der Waals surface area contributed by atoms with Crippen LogP contribution < -0.4 is 10.2 Å². The molecule has 6 nitrogen and oxygen atoms in total. The first-order valence-corrected chi connectivity index (χ1v) is 10.7. The zero-order chi connectivity index (χ0) is 19.9. The summed E-state index contributed by atoms with van der Waals surface area (Å²) in [5.41, 5.74) is 2.55. The fourth-order valence-electron chi connectivity index (χ4n) is 4.37. The van der Waals surface area contributed by atoms with Crippen LogP contribution in [0.15, 0.2) is 54.9 Å². The molecule has 1 unspecified atom stereocenters. The number of urea groups is 1. The number of hydrogen-bond acceptors (Lipinski definition) is 4. The first-order chi connectivity index (χ1) is 14.3. The standard InChI is InChI=1S/C23H31N5O/c29-23(28-15-13-27(14-16-28)22-8-10-24-11-9-22)25-17-21-7-4-12-26(19-21)18-20-5-2-1-3-6-20/h1-3,5-6,8-11,21H,4,7,12-19H2,(H,25,29). The van der Waals surface area contributed by atoms with Crippen molar-refractivity contribution in [2.75, 3.05) is 50.7 Å². The molecule has 0 bridgehead atoms. The number of hydrogen-bond donors (Lipinski definition) is 1. The van der Waals surface area contributed by atoms with E-state index in [2.05, 4.69) is 50.4 Å². The van der Waals surface area contributed by atoms with E-state index < -0.39 is 0 Å². The average Bonchev–Trinajstić information content (AvgIpc) is 2.79. The topological polar surface area (TPSA) is 51.7 Å². The van der Waals surface area contributed by atoms with Gasteiger partial charge in [0.1, 0.15) is 0 Å². The number of rotatable bonds is 5. The molecule has 0 aliphatic carbocycles. The highest BCUT2D eigenvalue weighted by molar-refractivity contribution is 5.74. The third kappa shape index (κ3) is 5.48. The summed E-state index contributed by atoms with van der Waals surface area (Å²) in [5.74, 6) is 0.537. The Balaban J connectivity index is 1.19. The van der Waals surface area contributed by atoms with E-state index in [1.54, 1.807) is 0 Å². The Morgan fingerprint density at radius 3 is 2.52 bits per heavy atom. The number of carbonyl (C=O) groups excluding carboxylic acids is 1. The van der Waals surface area contributed by atoms with Gasteiger partial charge in [0.25, 0.3) is 0 Å². The molecule has 1 aromatic carbocycles.